The molecule has 2 aromatic carbocycles. The van der Waals surface area contributed by atoms with E-state index in [1.54, 1.807) is 36.4 Å². The van der Waals surface area contributed by atoms with E-state index < -0.39 is 11.7 Å². The molecule has 0 aliphatic heterocycles. The number of tetrazole rings is 1. The molecule has 24 heavy (non-hydrogen) atoms. The second kappa shape index (κ2) is 6.45. The van der Waals surface area contributed by atoms with Crippen molar-refractivity contribution in [2.24, 2.45) is 5.73 Å². The van der Waals surface area contributed by atoms with Gasteiger partial charge in [0.2, 0.25) is 0 Å². The van der Waals surface area contributed by atoms with Crippen LogP contribution in [-0.2, 0) is 6.61 Å². The highest BCUT2D eigenvalue weighted by Gasteiger charge is 2.15. The lowest BCUT2D eigenvalue weighted by Gasteiger charge is -2.10. The summed E-state index contributed by atoms with van der Waals surface area (Å²) < 4.78 is 20.9. The molecular weight excluding hydrogens is 313 g/mol. The van der Waals surface area contributed by atoms with Crippen LogP contribution in [0.2, 0.25) is 0 Å². The van der Waals surface area contributed by atoms with Gasteiger partial charge in [-0.1, -0.05) is 18.2 Å². The molecule has 0 saturated carbocycles. The molecule has 0 unspecified atom stereocenters. The third kappa shape index (κ3) is 3.07. The fourth-order valence-electron chi connectivity index (χ4n) is 2.21. The first-order chi connectivity index (χ1) is 11.6. The van der Waals surface area contributed by atoms with Crippen LogP contribution in [0.3, 0.4) is 0 Å². The largest absolute Gasteiger partial charge is 0.485 e. The average Bonchev–Trinajstić information content (AvgIpc) is 3.03. The Bertz CT molecular complexity index is 894. The number of para-hydroxylation sites is 1. The van der Waals surface area contributed by atoms with Gasteiger partial charge in [-0.15, -0.1) is 5.10 Å². The Labute approximate surface area is 136 Å². The fourth-order valence-corrected chi connectivity index (χ4v) is 2.21. The van der Waals surface area contributed by atoms with E-state index in [1.165, 1.54) is 10.7 Å². The van der Waals surface area contributed by atoms with Crippen molar-refractivity contribution in [2.45, 2.75) is 13.5 Å². The summed E-state index contributed by atoms with van der Waals surface area (Å²) in [5.41, 5.74) is 6.65. The third-order valence-electron chi connectivity index (χ3n) is 3.37. The van der Waals surface area contributed by atoms with Gasteiger partial charge in [0.1, 0.15) is 23.9 Å². The summed E-state index contributed by atoms with van der Waals surface area (Å²) in [5.74, 6) is -0.454. The average molecular weight is 327 g/mol. The van der Waals surface area contributed by atoms with E-state index in [9.17, 15) is 9.18 Å². The number of carbonyl (C=O) groups excluding carboxylic acids is 1. The highest BCUT2D eigenvalue weighted by Crippen LogP contribution is 2.20. The Hall–Kier alpha value is -3.29. The molecule has 0 fully saturated rings. The van der Waals surface area contributed by atoms with Gasteiger partial charge in [-0.3, -0.25) is 4.79 Å². The van der Waals surface area contributed by atoms with E-state index in [-0.39, 0.29) is 17.9 Å². The molecule has 3 rings (SSSR count). The van der Waals surface area contributed by atoms with Gasteiger partial charge < -0.3 is 10.5 Å². The zero-order valence-corrected chi connectivity index (χ0v) is 12.8. The topological polar surface area (TPSA) is 95.9 Å². The molecule has 8 heteroatoms. The van der Waals surface area contributed by atoms with Crippen LogP contribution in [0.5, 0.6) is 5.75 Å². The number of halogens is 1. The van der Waals surface area contributed by atoms with Crippen LogP contribution in [-0.4, -0.2) is 26.1 Å². The zero-order chi connectivity index (χ0) is 17.1. The van der Waals surface area contributed by atoms with Crippen molar-refractivity contribution < 1.29 is 13.9 Å². The van der Waals surface area contributed by atoms with Gasteiger partial charge in [0.15, 0.2) is 5.82 Å². The lowest BCUT2D eigenvalue weighted by molar-refractivity contribution is 0.0995. The molecule has 122 valence electrons. The monoisotopic (exact) mass is 327 g/mol. The summed E-state index contributed by atoms with van der Waals surface area (Å²) in [6.07, 6.45) is 0. The van der Waals surface area contributed by atoms with Crippen LogP contribution < -0.4 is 10.5 Å². The molecule has 0 aliphatic carbocycles. The van der Waals surface area contributed by atoms with E-state index in [4.69, 9.17) is 10.5 Å². The number of nitrogens with zero attached hydrogens (tertiary/aromatic N) is 4. The van der Waals surface area contributed by atoms with Crippen LogP contribution in [0.15, 0.2) is 42.5 Å². The number of nitrogens with two attached hydrogens (primary N) is 1. The molecule has 1 amide bonds. The first-order valence-corrected chi connectivity index (χ1v) is 7.11. The number of amides is 1. The summed E-state index contributed by atoms with van der Waals surface area (Å²) in [4.78, 5) is 11.4. The molecule has 0 saturated heterocycles. The summed E-state index contributed by atoms with van der Waals surface area (Å²) in [6, 6.07) is 11.2. The van der Waals surface area contributed by atoms with Crippen LogP contribution in [0.25, 0.3) is 5.69 Å². The van der Waals surface area contributed by atoms with Gasteiger partial charge in [-0.05, 0) is 47.2 Å². The van der Waals surface area contributed by atoms with Gasteiger partial charge in [0, 0.05) is 0 Å². The summed E-state index contributed by atoms with van der Waals surface area (Å²) in [7, 11) is 0. The molecule has 2 N–H and O–H groups in total. The van der Waals surface area contributed by atoms with E-state index >= 15 is 0 Å². The van der Waals surface area contributed by atoms with Crippen molar-refractivity contribution in [3.63, 3.8) is 0 Å². The molecule has 0 aliphatic rings. The third-order valence-corrected chi connectivity index (χ3v) is 3.37. The van der Waals surface area contributed by atoms with E-state index in [0.717, 1.165) is 5.56 Å². The minimum atomic E-state index is -0.602. The first-order valence-electron chi connectivity index (χ1n) is 7.11. The Morgan fingerprint density at radius 3 is 2.88 bits per heavy atom. The highest BCUT2D eigenvalue weighted by molar-refractivity contribution is 5.95. The van der Waals surface area contributed by atoms with Gasteiger partial charge >= 0.3 is 0 Å². The number of rotatable bonds is 5. The normalized spacial score (nSPS) is 10.6. The Morgan fingerprint density at radius 2 is 2.08 bits per heavy atom. The highest BCUT2D eigenvalue weighted by atomic mass is 19.1. The van der Waals surface area contributed by atoms with Gasteiger partial charge in [-0.25, -0.2) is 4.39 Å². The molecule has 0 radical (unpaired) electrons. The Morgan fingerprint density at radius 1 is 1.29 bits per heavy atom. The maximum atomic E-state index is 14.0. The van der Waals surface area contributed by atoms with Crippen molar-refractivity contribution in [1.82, 2.24) is 20.2 Å². The van der Waals surface area contributed by atoms with Crippen molar-refractivity contribution in [1.29, 1.82) is 0 Å². The summed E-state index contributed by atoms with van der Waals surface area (Å²) in [6.45, 7) is 1.79. The SMILES string of the molecule is Cc1ccc(F)c(-n2nnnc2COc2ccccc2C(N)=O)c1. The number of hydrogen-bond donors (Lipinski definition) is 1. The molecule has 7 nitrogen and oxygen atoms in total. The molecule has 0 atom stereocenters. The lowest BCUT2D eigenvalue weighted by Crippen LogP contribution is -2.14. The fraction of sp³-hybridized carbons (Fsp3) is 0.125. The standard InChI is InChI=1S/C16H14FN5O2/c1-10-6-7-12(17)13(8-10)22-15(19-20-21-22)9-24-14-5-3-2-4-11(14)16(18)23/h2-8H,9H2,1H3,(H2,18,23). The number of aromatic nitrogens is 4. The Kier molecular flexibility index (Phi) is 4.19. The van der Waals surface area contributed by atoms with Gasteiger partial charge in [0.25, 0.3) is 5.91 Å². The minimum Gasteiger partial charge on any atom is -0.485 e. The predicted molar refractivity (Wildman–Crippen MR) is 83.1 cm³/mol. The van der Waals surface area contributed by atoms with E-state index in [2.05, 4.69) is 15.5 Å². The molecule has 1 heterocycles. The van der Waals surface area contributed by atoms with Crippen LogP contribution in [0, 0.1) is 12.7 Å². The predicted octanol–water partition coefficient (Wildman–Crippen LogP) is 1.79. The summed E-state index contributed by atoms with van der Waals surface area (Å²) in [5, 5.41) is 11.2. The molecular formula is C16H14FN5O2. The van der Waals surface area contributed by atoms with Crippen molar-refractivity contribution >= 4 is 5.91 Å². The molecule has 1 aromatic heterocycles. The lowest BCUT2D eigenvalue weighted by atomic mass is 10.2. The van der Waals surface area contributed by atoms with Crippen LogP contribution >= 0.6 is 0 Å². The van der Waals surface area contributed by atoms with E-state index in [0.29, 0.717) is 11.6 Å². The smallest absolute Gasteiger partial charge is 0.252 e. The number of carbonyl (C=O) groups is 1. The van der Waals surface area contributed by atoms with Gasteiger partial charge in [-0.2, -0.15) is 4.68 Å². The van der Waals surface area contributed by atoms with Crippen LogP contribution in [0.4, 0.5) is 4.39 Å². The van der Waals surface area contributed by atoms with Gasteiger partial charge in [0.05, 0.1) is 5.56 Å². The number of ether oxygens (including phenoxy) is 1. The maximum Gasteiger partial charge on any atom is 0.252 e. The van der Waals surface area contributed by atoms with Crippen molar-refractivity contribution in [3.8, 4) is 11.4 Å². The van der Waals surface area contributed by atoms with Crippen molar-refractivity contribution in [2.75, 3.05) is 0 Å². The first kappa shape index (κ1) is 15.6. The van der Waals surface area contributed by atoms with E-state index in [1.807, 2.05) is 6.92 Å². The Balaban J connectivity index is 1.87. The second-order valence-electron chi connectivity index (χ2n) is 5.11. The number of aryl methyl sites for hydroxylation is 1. The molecule has 0 spiro atoms. The zero-order valence-electron chi connectivity index (χ0n) is 12.8. The molecule has 3 aromatic rings. The second-order valence-corrected chi connectivity index (χ2v) is 5.11. The summed E-state index contributed by atoms with van der Waals surface area (Å²) >= 11 is 0. The number of benzene rings is 2. The van der Waals surface area contributed by atoms with Crippen molar-refractivity contribution in [3.05, 3.63) is 65.2 Å². The van der Waals surface area contributed by atoms with Crippen LogP contribution in [0.1, 0.15) is 21.7 Å². The number of hydrogen-bond acceptors (Lipinski definition) is 5. The number of primary amides is 1. The maximum absolute atomic E-state index is 14.0. The quantitative estimate of drug-likeness (QED) is 0.770. The molecule has 0 bridgehead atoms. The minimum absolute atomic E-state index is 0.0509.